The second kappa shape index (κ2) is 8.08. The Morgan fingerprint density at radius 3 is 2.83 bits per heavy atom. The molecule has 0 radical (unpaired) electrons. The maximum Gasteiger partial charge on any atom is 0.197 e. The van der Waals surface area contributed by atoms with Gasteiger partial charge in [-0.3, -0.25) is 0 Å². The van der Waals surface area contributed by atoms with E-state index in [1.165, 1.54) is 28.7 Å². The normalized spacial score (nSPS) is 14.0. The molecule has 0 atom stereocenters. The molecule has 1 aliphatic carbocycles. The molecule has 0 aliphatic heterocycles. The van der Waals surface area contributed by atoms with Gasteiger partial charge in [0.25, 0.3) is 0 Å². The minimum absolute atomic E-state index is 0.741. The van der Waals surface area contributed by atoms with Crippen LogP contribution < -0.4 is 0 Å². The average Bonchev–Trinajstić information content (AvgIpc) is 3.36. The van der Waals surface area contributed by atoms with Crippen molar-refractivity contribution in [3.8, 4) is 0 Å². The summed E-state index contributed by atoms with van der Waals surface area (Å²) >= 11 is 3.43. The molecule has 0 saturated carbocycles. The first-order chi connectivity index (χ1) is 14.3. The van der Waals surface area contributed by atoms with Gasteiger partial charge in [-0.1, -0.05) is 36.4 Å². The molecule has 0 bridgehead atoms. The highest BCUT2D eigenvalue weighted by Crippen LogP contribution is 2.41. The Morgan fingerprint density at radius 2 is 1.97 bits per heavy atom. The molecule has 0 spiro atoms. The van der Waals surface area contributed by atoms with Crippen LogP contribution in [0.1, 0.15) is 41.6 Å². The van der Waals surface area contributed by atoms with Crippen molar-refractivity contribution in [2.24, 2.45) is 0 Å². The van der Waals surface area contributed by atoms with Gasteiger partial charge in [0.2, 0.25) is 0 Å². The number of benzene rings is 1. The third-order valence-electron chi connectivity index (χ3n) is 5.13. The molecule has 29 heavy (non-hydrogen) atoms. The lowest BCUT2D eigenvalue weighted by Crippen LogP contribution is -2.00. The molecule has 7 heteroatoms. The Bertz CT molecular complexity index is 1180. The second-order valence-electron chi connectivity index (χ2n) is 7.02. The largest absolute Gasteiger partial charge is 0.309 e. The van der Waals surface area contributed by atoms with Crippen LogP contribution in [0.4, 0.5) is 0 Å². The fourth-order valence-electron chi connectivity index (χ4n) is 3.65. The Morgan fingerprint density at radius 1 is 1.10 bits per heavy atom. The highest BCUT2D eigenvalue weighted by molar-refractivity contribution is 7.99. The van der Waals surface area contributed by atoms with Gasteiger partial charge in [-0.15, -0.1) is 21.5 Å². The maximum absolute atomic E-state index is 4.94. The summed E-state index contributed by atoms with van der Waals surface area (Å²) in [7, 11) is 0. The van der Waals surface area contributed by atoms with Crippen LogP contribution in [-0.4, -0.2) is 24.7 Å². The standard InChI is InChI=1S/C22H21N5S2/c1-2-27-14-23-26-22(27)29-21-19-16-10-6-7-11-17(16)28-20(19)24-18(25-21)13-12-15-8-4-3-5-9-15/h3-5,8-9,12-14H,2,6-7,10-11H2,1H3/b13-12+. The summed E-state index contributed by atoms with van der Waals surface area (Å²) in [6, 6.07) is 10.3. The van der Waals surface area contributed by atoms with Crippen molar-refractivity contribution >= 4 is 45.5 Å². The highest BCUT2D eigenvalue weighted by Gasteiger charge is 2.22. The van der Waals surface area contributed by atoms with Crippen molar-refractivity contribution in [2.75, 3.05) is 0 Å². The number of hydrogen-bond acceptors (Lipinski definition) is 6. The van der Waals surface area contributed by atoms with Gasteiger partial charge in [-0.25, -0.2) is 9.97 Å². The molecule has 3 aromatic heterocycles. The lowest BCUT2D eigenvalue weighted by molar-refractivity contribution is 0.680. The molecule has 0 fully saturated rings. The first-order valence-electron chi connectivity index (χ1n) is 9.93. The van der Waals surface area contributed by atoms with Crippen LogP contribution in [0, 0.1) is 0 Å². The van der Waals surface area contributed by atoms with Crippen LogP contribution in [0.5, 0.6) is 0 Å². The summed E-state index contributed by atoms with van der Waals surface area (Å²) in [5, 5.41) is 11.5. The molecular weight excluding hydrogens is 398 g/mol. The van der Waals surface area contributed by atoms with Gasteiger partial charge < -0.3 is 4.57 Å². The van der Waals surface area contributed by atoms with Gasteiger partial charge in [0, 0.05) is 16.8 Å². The predicted molar refractivity (Wildman–Crippen MR) is 119 cm³/mol. The number of rotatable bonds is 5. The monoisotopic (exact) mass is 419 g/mol. The summed E-state index contributed by atoms with van der Waals surface area (Å²) in [6.07, 6.45) is 10.6. The zero-order chi connectivity index (χ0) is 19.6. The fraction of sp³-hybridized carbons (Fsp3) is 0.273. The summed E-state index contributed by atoms with van der Waals surface area (Å²) in [5.74, 6) is 0.741. The van der Waals surface area contributed by atoms with Crippen LogP contribution in [-0.2, 0) is 19.4 Å². The topological polar surface area (TPSA) is 56.5 Å². The third kappa shape index (κ3) is 3.72. The van der Waals surface area contributed by atoms with Gasteiger partial charge in [-0.2, -0.15) is 0 Å². The quantitative estimate of drug-likeness (QED) is 0.400. The van der Waals surface area contributed by atoms with E-state index in [4.69, 9.17) is 9.97 Å². The average molecular weight is 420 g/mol. The molecular formula is C22H21N5S2. The van der Waals surface area contributed by atoms with E-state index in [2.05, 4.69) is 39.9 Å². The highest BCUT2D eigenvalue weighted by atomic mass is 32.2. The van der Waals surface area contributed by atoms with Crippen LogP contribution in [0.25, 0.3) is 22.4 Å². The molecule has 0 N–H and O–H groups in total. The Kier molecular flexibility index (Phi) is 5.16. The number of fused-ring (bicyclic) bond motifs is 3. The molecule has 1 aromatic carbocycles. The first-order valence-corrected chi connectivity index (χ1v) is 11.6. The van der Waals surface area contributed by atoms with Crippen LogP contribution in [0.15, 0.2) is 46.8 Å². The first kappa shape index (κ1) is 18.5. The van der Waals surface area contributed by atoms with Gasteiger partial charge in [0.05, 0.1) is 0 Å². The van der Waals surface area contributed by atoms with Crippen LogP contribution in [0.3, 0.4) is 0 Å². The van der Waals surface area contributed by atoms with E-state index < -0.39 is 0 Å². The third-order valence-corrected chi connectivity index (χ3v) is 7.31. The molecule has 0 saturated heterocycles. The minimum Gasteiger partial charge on any atom is -0.309 e. The Balaban J connectivity index is 1.61. The zero-order valence-corrected chi connectivity index (χ0v) is 17.8. The van der Waals surface area contributed by atoms with Crippen molar-refractivity contribution in [2.45, 2.75) is 49.3 Å². The van der Waals surface area contributed by atoms with Gasteiger partial charge >= 0.3 is 0 Å². The molecule has 0 amide bonds. The minimum atomic E-state index is 0.741. The SMILES string of the molecule is CCn1cnnc1Sc1nc(/C=C/c2ccccc2)nc2sc3c(c12)CCCC3. The maximum atomic E-state index is 4.94. The number of aromatic nitrogens is 5. The molecule has 3 heterocycles. The fourth-order valence-corrected chi connectivity index (χ4v) is 6.00. The van der Waals surface area contributed by atoms with E-state index in [-0.39, 0.29) is 0 Å². The van der Waals surface area contributed by atoms with E-state index in [0.717, 1.165) is 45.8 Å². The molecule has 5 nitrogen and oxygen atoms in total. The van der Waals surface area contributed by atoms with Gasteiger partial charge in [0.1, 0.15) is 16.2 Å². The molecule has 0 unspecified atom stereocenters. The Labute approximate surface area is 177 Å². The van der Waals surface area contributed by atoms with Crippen LogP contribution >= 0.6 is 23.1 Å². The summed E-state index contributed by atoms with van der Waals surface area (Å²) < 4.78 is 2.05. The number of aryl methyl sites for hydroxylation is 3. The summed E-state index contributed by atoms with van der Waals surface area (Å²) in [6.45, 7) is 2.94. The van der Waals surface area contributed by atoms with Crippen molar-refractivity contribution in [1.82, 2.24) is 24.7 Å². The van der Waals surface area contributed by atoms with E-state index in [1.54, 1.807) is 18.1 Å². The lowest BCUT2D eigenvalue weighted by Gasteiger charge is -2.11. The predicted octanol–water partition coefficient (Wildman–Crippen LogP) is 5.50. The van der Waals surface area contributed by atoms with E-state index >= 15 is 0 Å². The molecule has 146 valence electrons. The smallest absolute Gasteiger partial charge is 0.197 e. The van der Waals surface area contributed by atoms with Crippen LogP contribution in [0.2, 0.25) is 0 Å². The molecule has 1 aliphatic rings. The summed E-state index contributed by atoms with van der Waals surface area (Å²) in [4.78, 5) is 12.4. The van der Waals surface area contributed by atoms with E-state index in [9.17, 15) is 0 Å². The van der Waals surface area contributed by atoms with Crippen molar-refractivity contribution < 1.29 is 0 Å². The Hall–Kier alpha value is -2.51. The van der Waals surface area contributed by atoms with Gasteiger partial charge in [0.15, 0.2) is 11.0 Å². The van der Waals surface area contributed by atoms with Gasteiger partial charge in [-0.05, 0) is 61.6 Å². The molecule has 5 rings (SSSR count). The zero-order valence-electron chi connectivity index (χ0n) is 16.2. The van der Waals surface area contributed by atoms with E-state index in [1.807, 2.05) is 35.6 Å². The lowest BCUT2D eigenvalue weighted by atomic mass is 9.97. The second-order valence-corrected chi connectivity index (χ2v) is 9.06. The summed E-state index contributed by atoms with van der Waals surface area (Å²) in [5.41, 5.74) is 2.58. The number of thiophene rings is 1. The van der Waals surface area contributed by atoms with Crippen molar-refractivity contribution in [1.29, 1.82) is 0 Å². The van der Waals surface area contributed by atoms with E-state index in [0.29, 0.717) is 0 Å². The van der Waals surface area contributed by atoms with Crippen molar-refractivity contribution in [3.63, 3.8) is 0 Å². The number of hydrogen-bond donors (Lipinski definition) is 0. The number of nitrogens with zero attached hydrogens (tertiary/aromatic N) is 5. The molecule has 4 aromatic rings. The van der Waals surface area contributed by atoms with Crippen molar-refractivity contribution in [3.05, 3.63) is 58.5 Å².